The third kappa shape index (κ3) is 3.88. The van der Waals surface area contributed by atoms with Crippen LogP contribution in [0.15, 0.2) is 52.3 Å². The number of amides is 1. The second-order valence-electron chi connectivity index (χ2n) is 4.04. The van der Waals surface area contributed by atoms with Crippen molar-refractivity contribution in [2.45, 2.75) is 6.92 Å². The lowest BCUT2D eigenvalue weighted by atomic mass is 10.1. The van der Waals surface area contributed by atoms with Gasteiger partial charge in [0.2, 0.25) is 0 Å². The number of nitrogens with one attached hydrogen (secondary N) is 1. The molecule has 0 atom stereocenters. The molecule has 0 aliphatic carbocycles. The zero-order valence-corrected chi connectivity index (χ0v) is 12.9. The molecule has 1 aromatic carbocycles. The minimum atomic E-state index is -0.313. The molecule has 0 bridgehead atoms. The molecule has 1 N–H and O–H groups in total. The van der Waals surface area contributed by atoms with E-state index in [-0.39, 0.29) is 5.91 Å². The van der Waals surface area contributed by atoms with Gasteiger partial charge in [0.25, 0.3) is 5.91 Å². The molecule has 2 rings (SSSR count). The Morgan fingerprint density at radius 1 is 1.25 bits per heavy atom. The highest BCUT2D eigenvalue weighted by Gasteiger charge is 2.06. The van der Waals surface area contributed by atoms with Crippen molar-refractivity contribution in [3.63, 3.8) is 0 Å². The van der Waals surface area contributed by atoms with Gasteiger partial charge < -0.3 is 0 Å². The number of hydrogen-bond donors (Lipinski definition) is 1. The van der Waals surface area contributed by atoms with Crippen LogP contribution in [-0.2, 0) is 0 Å². The number of carbonyl (C=O) groups excluding carboxylic acids is 1. The van der Waals surface area contributed by atoms with E-state index in [2.05, 4.69) is 31.4 Å². The van der Waals surface area contributed by atoms with Crippen molar-refractivity contribution in [3.8, 4) is 0 Å². The van der Waals surface area contributed by atoms with E-state index in [0.29, 0.717) is 16.3 Å². The molecule has 0 spiro atoms. The van der Waals surface area contributed by atoms with E-state index < -0.39 is 0 Å². The Morgan fingerprint density at radius 3 is 2.60 bits per heavy atom. The lowest BCUT2D eigenvalue weighted by molar-refractivity contribution is 0.0954. The molecular formula is C14H11BrClN3O. The van der Waals surface area contributed by atoms with Crippen LogP contribution in [0.2, 0.25) is 5.02 Å². The number of hydrogen-bond acceptors (Lipinski definition) is 3. The quantitative estimate of drug-likeness (QED) is 0.677. The van der Waals surface area contributed by atoms with E-state index in [0.717, 1.165) is 10.0 Å². The van der Waals surface area contributed by atoms with Crippen LogP contribution in [0.5, 0.6) is 0 Å². The summed E-state index contributed by atoms with van der Waals surface area (Å²) in [5.74, 6) is -0.313. The fraction of sp³-hybridized carbons (Fsp3) is 0.0714. The molecule has 0 fully saturated rings. The van der Waals surface area contributed by atoms with Crippen molar-refractivity contribution < 1.29 is 4.79 Å². The van der Waals surface area contributed by atoms with Crippen molar-refractivity contribution >= 4 is 39.1 Å². The van der Waals surface area contributed by atoms with E-state index in [1.54, 1.807) is 24.4 Å². The maximum atomic E-state index is 11.9. The summed E-state index contributed by atoms with van der Waals surface area (Å²) in [7, 11) is 0. The molecule has 6 heteroatoms. The summed E-state index contributed by atoms with van der Waals surface area (Å²) < 4.78 is 0.739. The van der Waals surface area contributed by atoms with Crippen LogP contribution in [0.1, 0.15) is 22.8 Å². The fourth-order valence-electron chi connectivity index (χ4n) is 1.49. The molecule has 0 aliphatic rings. The Hall–Kier alpha value is -1.72. The van der Waals surface area contributed by atoms with Crippen LogP contribution < -0.4 is 5.43 Å². The van der Waals surface area contributed by atoms with Crippen LogP contribution in [-0.4, -0.2) is 16.6 Å². The number of benzene rings is 1. The lowest BCUT2D eigenvalue weighted by Gasteiger charge is -2.03. The molecule has 0 unspecified atom stereocenters. The topological polar surface area (TPSA) is 54.4 Å². The molecule has 102 valence electrons. The highest BCUT2D eigenvalue weighted by molar-refractivity contribution is 9.10. The van der Waals surface area contributed by atoms with Gasteiger partial charge in [-0.05, 0) is 46.6 Å². The SMILES string of the molecule is CC(=NNC(=O)c1cncc(Br)c1)c1ccc(Cl)cc1. The van der Waals surface area contributed by atoms with Crippen molar-refractivity contribution in [1.82, 2.24) is 10.4 Å². The van der Waals surface area contributed by atoms with Crippen molar-refractivity contribution in [3.05, 3.63) is 63.3 Å². The molecule has 1 aromatic heterocycles. The van der Waals surface area contributed by atoms with E-state index in [9.17, 15) is 4.79 Å². The summed E-state index contributed by atoms with van der Waals surface area (Å²) >= 11 is 9.08. The Kier molecular flexibility index (Phi) is 4.87. The van der Waals surface area contributed by atoms with E-state index in [1.807, 2.05) is 19.1 Å². The van der Waals surface area contributed by atoms with Gasteiger partial charge in [-0.15, -0.1) is 0 Å². The van der Waals surface area contributed by atoms with E-state index in [4.69, 9.17) is 11.6 Å². The second-order valence-corrected chi connectivity index (χ2v) is 5.39. The molecule has 1 heterocycles. The summed E-state index contributed by atoms with van der Waals surface area (Å²) in [6.07, 6.45) is 3.09. The fourth-order valence-corrected chi connectivity index (χ4v) is 1.98. The van der Waals surface area contributed by atoms with Gasteiger partial charge in [-0.3, -0.25) is 9.78 Å². The van der Waals surface area contributed by atoms with Crippen LogP contribution in [0.25, 0.3) is 0 Å². The normalized spacial score (nSPS) is 11.2. The first-order chi connectivity index (χ1) is 9.56. The van der Waals surface area contributed by atoms with Gasteiger partial charge in [0, 0.05) is 21.9 Å². The zero-order chi connectivity index (χ0) is 14.5. The van der Waals surface area contributed by atoms with Crippen LogP contribution >= 0.6 is 27.5 Å². The average molecular weight is 353 g/mol. The number of halogens is 2. The molecular weight excluding hydrogens is 342 g/mol. The minimum absolute atomic E-state index is 0.313. The predicted octanol–water partition coefficient (Wildman–Crippen LogP) is 3.65. The molecule has 0 radical (unpaired) electrons. The maximum absolute atomic E-state index is 11.9. The van der Waals surface area contributed by atoms with Crippen molar-refractivity contribution in [1.29, 1.82) is 0 Å². The van der Waals surface area contributed by atoms with Crippen molar-refractivity contribution in [2.75, 3.05) is 0 Å². The third-order valence-electron chi connectivity index (χ3n) is 2.55. The van der Waals surface area contributed by atoms with Crippen LogP contribution in [0.4, 0.5) is 0 Å². The van der Waals surface area contributed by atoms with Gasteiger partial charge in [0.05, 0.1) is 11.3 Å². The number of rotatable bonds is 3. The van der Waals surface area contributed by atoms with Gasteiger partial charge in [-0.25, -0.2) is 5.43 Å². The molecule has 20 heavy (non-hydrogen) atoms. The van der Waals surface area contributed by atoms with E-state index >= 15 is 0 Å². The average Bonchev–Trinajstić information content (AvgIpc) is 2.45. The summed E-state index contributed by atoms with van der Waals surface area (Å²) in [6.45, 7) is 1.81. The van der Waals surface area contributed by atoms with Crippen LogP contribution in [0.3, 0.4) is 0 Å². The molecule has 0 aliphatic heterocycles. The van der Waals surface area contributed by atoms with E-state index in [1.165, 1.54) is 6.20 Å². The summed E-state index contributed by atoms with van der Waals surface area (Å²) in [6, 6.07) is 8.91. The number of carbonyl (C=O) groups is 1. The first-order valence-corrected chi connectivity index (χ1v) is 6.94. The standard InChI is InChI=1S/C14H11BrClN3O/c1-9(10-2-4-13(16)5-3-10)18-19-14(20)11-6-12(15)8-17-7-11/h2-8H,1H3,(H,19,20). The highest BCUT2D eigenvalue weighted by Crippen LogP contribution is 2.11. The largest absolute Gasteiger partial charge is 0.272 e. The van der Waals surface area contributed by atoms with Gasteiger partial charge in [-0.1, -0.05) is 23.7 Å². The summed E-state index contributed by atoms with van der Waals surface area (Å²) in [5, 5.41) is 4.72. The Balaban J connectivity index is 2.08. The number of hydrazone groups is 1. The molecule has 4 nitrogen and oxygen atoms in total. The third-order valence-corrected chi connectivity index (χ3v) is 3.24. The summed E-state index contributed by atoms with van der Waals surface area (Å²) in [4.78, 5) is 15.8. The molecule has 1 amide bonds. The lowest BCUT2D eigenvalue weighted by Crippen LogP contribution is -2.19. The molecule has 2 aromatic rings. The van der Waals surface area contributed by atoms with Crippen LogP contribution in [0, 0.1) is 0 Å². The predicted molar refractivity (Wildman–Crippen MR) is 83.1 cm³/mol. The first-order valence-electron chi connectivity index (χ1n) is 5.77. The van der Waals surface area contributed by atoms with Gasteiger partial charge in [0.1, 0.15) is 0 Å². The Labute approximate surface area is 130 Å². The minimum Gasteiger partial charge on any atom is -0.267 e. The highest BCUT2D eigenvalue weighted by atomic mass is 79.9. The Morgan fingerprint density at radius 2 is 1.95 bits per heavy atom. The zero-order valence-electron chi connectivity index (χ0n) is 10.6. The smallest absolute Gasteiger partial charge is 0.267 e. The Bertz CT molecular complexity index is 656. The van der Waals surface area contributed by atoms with Gasteiger partial charge in [-0.2, -0.15) is 5.10 Å². The number of pyridine rings is 1. The van der Waals surface area contributed by atoms with Gasteiger partial charge in [0.15, 0.2) is 0 Å². The number of nitrogens with zero attached hydrogens (tertiary/aromatic N) is 2. The summed E-state index contributed by atoms with van der Waals surface area (Å²) in [5.41, 5.74) is 4.51. The van der Waals surface area contributed by atoms with Crippen molar-refractivity contribution in [2.24, 2.45) is 5.10 Å². The number of aromatic nitrogens is 1. The van der Waals surface area contributed by atoms with Gasteiger partial charge >= 0.3 is 0 Å². The molecule has 0 saturated carbocycles. The first kappa shape index (κ1) is 14.7. The second kappa shape index (κ2) is 6.63. The maximum Gasteiger partial charge on any atom is 0.272 e. The monoisotopic (exact) mass is 351 g/mol. The molecule has 0 saturated heterocycles.